The molecule has 4 nitrogen and oxygen atoms in total. The third kappa shape index (κ3) is 3.69. The van der Waals surface area contributed by atoms with Crippen LogP contribution in [0.15, 0.2) is 35.0 Å². The number of hydrogen-bond acceptors (Lipinski definition) is 6. The molecule has 0 aliphatic rings. The maximum absolute atomic E-state index is 11.3. The second-order valence-corrected chi connectivity index (χ2v) is 4.81. The highest BCUT2D eigenvalue weighted by molar-refractivity contribution is 7.12. The van der Waals surface area contributed by atoms with Crippen molar-refractivity contribution in [1.29, 1.82) is 0 Å². The van der Waals surface area contributed by atoms with Gasteiger partial charge < -0.3 is 9.47 Å². The number of esters is 2. The quantitative estimate of drug-likeness (QED) is 0.632. The summed E-state index contributed by atoms with van der Waals surface area (Å²) in [6.07, 6.45) is -0.393. The van der Waals surface area contributed by atoms with Gasteiger partial charge in [0, 0.05) is 0 Å². The maximum atomic E-state index is 11.3. The van der Waals surface area contributed by atoms with Crippen LogP contribution in [-0.4, -0.2) is 11.9 Å². The van der Waals surface area contributed by atoms with Gasteiger partial charge in [0.25, 0.3) is 0 Å². The van der Waals surface area contributed by atoms with Gasteiger partial charge in [-0.05, 0) is 35.0 Å². The van der Waals surface area contributed by atoms with Gasteiger partial charge in [0.2, 0.25) is 0 Å². The standard InChI is InChI=1S/C11H8O4S2/c12-8(14-10-3-1-5-16-10)7-9(13)15-11-4-2-6-17-11/h1-6H,7H2. The molecule has 0 saturated carbocycles. The Morgan fingerprint density at radius 2 is 1.41 bits per heavy atom. The first-order chi connectivity index (χ1) is 8.24. The molecule has 0 radical (unpaired) electrons. The van der Waals surface area contributed by atoms with Crippen LogP contribution in [0.2, 0.25) is 0 Å². The van der Waals surface area contributed by atoms with Crippen LogP contribution in [0.3, 0.4) is 0 Å². The molecule has 0 fully saturated rings. The van der Waals surface area contributed by atoms with Crippen molar-refractivity contribution in [3.63, 3.8) is 0 Å². The molecule has 2 aromatic rings. The van der Waals surface area contributed by atoms with Crippen LogP contribution in [0, 0.1) is 0 Å². The molecule has 0 N–H and O–H groups in total. The summed E-state index contributed by atoms with van der Waals surface area (Å²) in [5.41, 5.74) is 0. The minimum absolute atomic E-state index is 0.393. The predicted molar refractivity (Wildman–Crippen MR) is 64.5 cm³/mol. The van der Waals surface area contributed by atoms with Crippen LogP contribution in [0.25, 0.3) is 0 Å². The Morgan fingerprint density at radius 3 is 1.76 bits per heavy atom. The van der Waals surface area contributed by atoms with Crippen molar-refractivity contribution in [1.82, 2.24) is 0 Å². The fourth-order valence-corrected chi connectivity index (χ4v) is 2.24. The lowest BCUT2D eigenvalue weighted by Crippen LogP contribution is -2.17. The van der Waals surface area contributed by atoms with Crippen molar-refractivity contribution < 1.29 is 19.1 Å². The SMILES string of the molecule is O=C(CC(=O)Oc1cccs1)Oc1cccs1. The zero-order valence-electron chi connectivity index (χ0n) is 8.62. The summed E-state index contributed by atoms with van der Waals surface area (Å²) in [7, 11) is 0. The number of carbonyl (C=O) groups excluding carboxylic acids is 2. The fraction of sp³-hybridized carbons (Fsp3) is 0.0909. The molecule has 17 heavy (non-hydrogen) atoms. The Morgan fingerprint density at radius 1 is 0.941 bits per heavy atom. The summed E-state index contributed by atoms with van der Waals surface area (Å²) in [6.45, 7) is 0. The Balaban J connectivity index is 1.80. The van der Waals surface area contributed by atoms with Crippen molar-refractivity contribution >= 4 is 34.6 Å². The topological polar surface area (TPSA) is 52.6 Å². The lowest BCUT2D eigenvalue weighted by atomic mass is 10.4. The highest BCUT2D eigenvalue weighted by atomic mass is 32.1. The third-order valence-electron chi connectivity index (χ3n) is 1.71. The van der Waals surface area contributed by atoms with Gasteiger partial charge in [-0.2, -0.15) is 0 Å². The first-order valence-corrected chi connectivity index (χ1v) is 6.48. The van der Waals surface area contributed by atoms with Crippen LogP contribution < -0.4 is 9.47 Å². The van der Waals surface area contributed by atoms with Crippen LogP contribution >= 0.6 is 22.7 Å². The number of carbonyl (C=O) groups is 2. The van der Waals surface area contributed by atoms with E-state index >= 15 is 0 Å². The number of ether oxygens (including phenoxy) is 2. The Bertz CT molecular complexity index is 441. The average molecular weight is 268 g/mol. The molecule has 0 atom stereocenters. The second-order valence-electron chi connectivity index (χ2n) is 2.99. The smallest absolute Gasteiger partial charge is 0.323 e. The summed E-state index contributed by atoms with van der Waals surface area (Å²) in [5.74, 6) is -1.23. The van der Waals surface area contributed by atoms with Gasteiger partial charge >= 0.3 is 11.9 Å². The highest BCUT2D eigenvalue weighted by Crippen LogP contribution is 2.20. The van der Waals surface area contributed by atoms with Gasteiger partial charge in [-0.3, -0.25) is 9.59 Å². The average Bonchev–Trinajstić information content (AvgIpc) is 2.90. The number of hydrogen-bond donors (Lipinski definition) is 0. The van der Waals surface area contributed by atoms with E-state index in [0.717, 1.165) is 0 Å². The molecular weight excluding hydrogens is 260 g/mol. The highest BCUT2D eigenvalue weighted by Gasteiger charge is 2.14. The van der Waals surface area contributed by atoms with Crippen LogP contribution in [-0.2, 0) is 9.59 Å². The second kappa shape index (κ2) is 5.60. The number of thiophene rings is 2. The Hall–Kier alpha value is -1.66. The zero-order valence-corrected chi connectivity index (χ0v) is 10.3. The van der Waals surface area contributed by atoms with Crippen LogP contribution in [0.1, 0.15) is 6.42 Å². The van der Waals surface area contributed by atoms with Crippen LogP contribution in [0.5, 0.6) is 10.1 Å². The lowest BCUT2D eigenvalue weighted by molar-refractivity contribution is -0.143. The summed E-state index contributed by atoms with van der Waals surface area (Å²) in [6, 6.07) is 6.84. The van der Waals surface area contributed by atoms with Gasteiger partial charge in [0.15, 0.2) is 10.1 Å². The summed E-state index contributed by atoms with van der Waals surface area (Å²) in [4.78, 5) is 22.7. The van der Waals surface area contributed by atoms with E-state index < -0.39 is 18.4 Å². The molecule has 0 aliphatic carbocycles. The summed E-state index contributed by atoms with van der Waals surface area (Å²) >= 11 is 2.58. The lowest BCUT2D eigenvalue weighted by Gasteiger charge is -2.01. The van der Waals surface area contributed by atoms with Gasteiger partial charge in [-0.15, -0.1) is 22.7 Å². The van der Waals surface area contributed by atoms with E-state index in [-0.39, 0.29) is 0 Å². The monoisotopic (exact) mass is 268 g/mol. The molecule has 0 aliphatic heterocycles. The molecule has 0 amide bonds. The number of rotatable bonds is 4. The predicted octanol–water partition coefficient (Wildman–Crippen LogP) is 2.71. The first kappa shape index (κ1) is 11.8. The fourth-order valence-electron chi connectivity index (χ4n) is 1.06. The van der Waals surface area contributed by atoms with E-state index in [0.29, 0.717) is 10.1 Å². The molecule has 0 bridgehead atoms. The van der Waals surface area contributed by atoms with E-state index in [4.69, 9.17) is 9.47 Å². The molecule has 0 spiro atoms. The van der Waals surface area contributed by atoms with Crippen molar-refractivity contribution in [3.05, 3.63) is 35.0 Å². The molecule has 6 heteroatoms. The molecule has 2 rings (SSSR count). The van der Waals surface area contributed by atoms with E-state index in [1.807, 2.05) is 0 Å². The van der Waals surface area contributed by atoms with E-state index in [1.165, 1.54) is 22.7 Å². The first-order valence-electron chi connectivity index (χ1n) is 4.72. The van der Waals surface area contributed by atoms with E-state index in [2.05, 4.69) is 0 Å². The maximum Gasteiger partial charge on any atom is 0.323 e. The molecule has 2 heterocycles. The van der Waals surface area contributed by atoms with Crippen molar-refractivity contribution in [3.8, 4) is 10.1 Å². The van der Waals surface area contributed by atoms with Crippen molar-refractivity contribution in [2.75, 3.05) is 0 Å². The molecule has 88 valence electrons. The van der Waals surface area contributed by atoms with Gasteiger partial charge in [0.05, 0.1) is 0 Å². The Labute approximate surface area is 105 Å². The molecule has 2 aromatic heterocycles. The van der Waals surface area contributed by atoms with Gasteiger partial charge in [-0.25, -0.2) is 0 Å². The van der Waals surface area contributed by atoms with Gasteiger partial charge in [0.1, 0.15) is 6.42 Å². The molecule has 0 unspecified atom stereocenters. The van der Waals surface area contributed by atoms with Crippen molar-refractivity contribution in [2.45, 2.75) is 6.42 Å². The molecule has 0 saturated heterocycles. The van der Waals surface area contributed by atoms with E-state index in [9.17, 15) is 9.59 Å². The van der Waals surface area contributed by atoms with Crippen molar-refractivity contribution in [2.24, 2.45) is 0 Å². The summed E-state index contributed by atoms with van der Waals surface area (Å²) < 4.78 is 9.85. The molecular formula is C11H8O4S2. The normalized spacial score (nSPS) is 9.88. The minimum Gasteiger partial charge on any atom is -0.415 e. The van der Waals surface area contributed by atoms with Crippen LogP contribution in [0.4, 0.5) is 0 Å². The third-order valence-corrected chi connectivity index (χ3v) is 3.20. The zero-order chi connectivity index (χ0) is 12.1. The van der Waals surface area contributed by atoms with E-state index in [1.54, 1.807) is 35.0 Å². The Kier molecular flexibility index (Phi) is 3.89. The molecule has 0 aromatic carbocycles. The largest absolute Gasteiger partial charge is 0.415 e. The van der Waals surface area contributed by atoms with Gasteiger partial charge in [-0.1, -0.05) is 0 Å². The minimum atomic E-state index is -0.617. The summed E-state index contributed by atoms with van der Waals surface area (Å²) in [5, 5.41) is 4.51.